The summed E-state index contributed by atoms with van der Waals surface area (Å²) in [6.07, 6.45) is 1.69. The molecule has 3 rings (SSSR count). The number of fused-ring (bicyclic) bond motifs is 1. The lowest BCUT2D eigenvalue weighted by atomic mass is 9.98. The Bertz CT molecular complexity index is 678. The van der Waals surface area contributed by atoms with Gasteiger partial charge in [0, 0.05) is 34.8 Å². The molecular formula is C15H17ClN2O2S. The van der Waals surface area contributed by atoms with E-state index < -0.39 is 0 Å². The average molecular weight is 325 g/mol. The molecule has 0 atom stereocenters. The molecule has 1 saturated heterocycles. The summed E-state index contributed by atoms with van der Waals surface area (Å²) in [6, 6.07) is 5.49. The molecule has 1 aromatic carbocycles. The van der Waals surface area contributed by atoms with Gasteiger partial charge in [0.1, 0.15) is 4.88 Å². The van der Waals surface area contributed by atoms with Crippen LogP contribution in [0.25, 0.3) is 10.1 Å². The van der Waals surface area contributed by atoms with Crippen molar-refractivity contribution in [3.05, 3.63) is 28.1 Å². The maximum absolute atomic E-state index is 12.6. The fourth-order valence-electron chi connectivity index (χ4n) is 2.71. The number of halogens is 1. The van der Waals surface area contributed by atoms with E-state index in [1.807, 2.05) is 17.0 Å². The van der Waals surface area contributed by atoms with Gasteiger partial charge in [0.05, 0.1) is 5.69 Å². The molecule has 2 heterocycles. The number of nitrogens with two attached hydrogens (primary N) is 1. The molecule has 0 spiro atoms. The van der Waals surface area contributed by atoms with E-state index in [2.05, 4.69) is 0 Å². The number of hydrogen-bond donors (Lipinski definition) is 2. The van der Waals surface area contributed by atoms with E-state index in [0.29, 0.717) is 34.6 Å². The Labute approximate surface area is 132 Å². The van der Waals surface area contributed by atoms with Gasteiger partial charge >= 0.3 is 0 Å². The summed E-state index contributed by atoms with van der Waals surface area (Å²) < 4.78 is 0.939. The molecule has 0 radical (unpaired) electrons. The number of anilines is 1. The molecule has 1 aromatic heterocycles. The molecule has 1 aliphatic heterocycles. The van der Waals surface area contributed by atoms with E-state index in [4.69, 9.17) is 22.4 Å². The number of hydrogen-bond acceptors (Lipinski definition) is 4. The number of carbonyl (C=O) groups is 1. The largest absolute Gasteiger partial charge is 0.397 e. The van der Waals surface area contributed by atoms with Crippen molar-refractivity contribution < 1.29 is 9.90 Å². The van der Waals surface area contributed by atoms with Crippen LogP contribution in [0.3, 0.4) is 0 Å². The number of aliphatic hydroxyl groups excluding tert-OH is 1. The predicted molar refractivity (Wildman–Crippen MR) is 87.0 cm³/mol. The van der Waals surface area contributed by atoms with Gasteiger partial charge in [-0.1, -0.05) is 11.6 Å². The SMILES string of the molecule is Nc1c(C(=O)N2CCC(CO)CC2)sc2cc(Cl)ccc12. The van der Waals surface area contributed by atoms with Crippen molar-refractivity contribution in [1.29, 1.82) is 0 Å². The van der Waals surface area contributed by atoms with Crippen LogP contribution in [-0.4, -0.2) is 35.6 Å². The van der Waals surface area contributed by atoms with Gasteiger partial charge in [-0.3, -0.25) is 4.79 Å². The highest BCUT2D eigenvalue weighted by molar-refractivity contribution is 7.21. The number of benzene rings is 1. The summed E-state index contributed by atoms with van der Waals surface area (Å²) in [7, 11) is 0. The van der Waals surface area contributed by atoms with Crippen molar-refractivity contribution in [2.45, 2.75) is 12.8 Å². The topological polar surface area (TPSA) is 66.6 Å². The van der Waals surface area contributed by atoms with Gasteiger partial charge in [0.15, 0.2) is 0 Å². The van der Waals surface area contributed by atoms with Gasteiger partial charge in [-0.05, 0) is 37.0 Å². The van der Waals surface area contributed by atoms with Gasteiger partial charge in [0.2, 0.25) is 0 Å². The van der Waals surface area contributed by atoms with Crippen LogP contribution in [-0.2, 0) is 0 Å². The minimum atomic E-state index is -0.0128. The van der Waals surface area contributed by atoms with Gasteiger partial charge in [-0.2, -0.15) is 0 Å². The van der Waals surface area contributed by atoms with Gasteiger partial charge < -0.3 is 15.7 Å². The van der Waals surface area contributed by atoms with Crippen molar-refractivity contribution in [2.24, 2.45) is 5.92 Å². The number of nitrogen functional groups attached to an aromatic ring is 1. The third kappa shape index (κ3) is 2.73. The highest BCUT2D eigenvalue weighted by Gasteiger charge is 2.26. The zero-order valence-corrected chi connectivity index (χ0v) is 13.1. The zero-order valence-electron chi connectivity index (χ0n) is 11.5. The van der Waals surface area contributed by atoms with E-state index in [-0.39, 0.29) is 12.5 Å². The Kier molecular flexibility index (Phi) is 4.06. The minimum Gasteiger partial charge on any atom is -0.397 e. The van der Waals surface area contributed by atoms with Gasteiger partial charge in [-0.15, -0.1) is 11.3 Å². The lowest BCUT2D eigenvalue weighted by Gasteiger charge is -2.30. The molecule has 112 valence electrons. The van der Waals surface area contributed by atoms with Crippen LogP contribution in [0.15, 0.2) is 18.2 Å². The Hall–Kier alpha value is -1.30. The fraction of sp³-hybridized carbons (Fsp3) is 0.400. The molecule has 2 aromatic rings. The second kappa shape index (κ2) is 5.83. The Morgan fingerprint density at radius 3 is 2.81 bits per heavy atom. The predicted octanol–water partition coefficient (Wildman–Crippen LogP) is 2.98. The van der Waals surface area contributed by atoms with Crippen LogP contribution in [0.5, 0.6) is 0 Å². The first kappa shape index (κ1) is 14.6. The highest BCUT2D eigenvalue weighted by Crippen LogP contribution is 2.36. The number of piperidine rings is 1. The first-order valence-electron chi connectivity index (χ1n) is 6.98. The molecule has 1 amide bonds. The normalized spacial score (nSPS) is 16.6. The van der Waals surface area contributed by atoms with Crippen molar-refractivity contribution >= 4 is 44.6 Å². The van der Waals surface area contributed by atoms with E-state index >= 15 is 0 Å². The molecule has 3 N–H and O–H groups in total. The number of likely N-dealkylation sites (tertiary alicyclic amines) is 1. The lowest BCUT2D eigenvalue weighted by molar-refractivity contribution is 0.0656. The van der Waals surface area contributed by atoms with E-state index in [9.17, 15) is 4.79 Å². The van der Waals surface area contributed by atoms with Crippen molar-refractivity contribution in [2.75, 3.05) is 25.4 Å². The molecule has 1 fully saturated rings. The smallest absolute Gasteiger partial charge is 0.266 e. The standard InChI is InChI=1S/C15H17ClN2O2S/c16-10-1-2-11-12(7-10)21-14(13(11)17)15(20)18-5-3-9(8-19)4-6-18/h1-2,7,9,19H,3-6,8,17H2. The van der Waals surface area contributed by atoms with Crippen LogP contribution in [0, 0.1) is 5.92 Å². The van der Waals surface area contributed by atoms with Crippen LogP contribution in [0.2, 0.25) is 5.02 Å². The van der Waals surface area contributed by atoms with Crippen LogP contribution in [0.4, 0.5) is 5.69 Å². The number of carbonyl (C=O) groups excluding carboxylic acids is 1. The Balaban J connectivity index is 1.86. The summed E-state index contributed by atoms with van der Waals surface area (Å²) in [4.78, 5) is 15.1. The molecule has 0 bridgehead atoms. The number of nitrogens with zero attached hydrogens (tertiary/aromatic N) is 1. The maximum atomic E-state index is 12.6. The molecule has 4 nitrogen and oxygen atoms in total. The zero-order chi connectivity index (χ0) is 15.0. The molecule has 1 aliphatic rings. The summed E-state index contributed by atoms with van der Waals surface area (Å²) in [5.74, 6) is 0.300. The van der Waals surface area contributed by atoms with Crippen LogP contribution < -0.4 is 5.73 Å². The summed E-state index contributed by atoms with van der Waals surface area (Å²) in [5, 5.41) is 10.7. The summed E-state index contributed by atoms with van der Waals surface area (Å²) in [6.45, 7) is 1.56. The number of rotatable bonds is 2. The van der Waals surface area contributed by atoms with Crippen LogP contribution >= 0.6 is 22.9 Å². The lowest BCUT2D eigenvalue weighted by Crippen LogP contribution is -2.39. The van der Waals surface area contributed by atoms with Crippen molar-refractivity contribution in [3.8, 4) is 0 Å². The maximum Gasteiger partial charge on any atom is 0.266 e. The number of aliphatic hydroxyl groups is 1. The first-order chi connectivity index (χ1) is 10.1. The van der Waals surface area contributed by atoms with Gasteiger partial charge in [-0.25, -0.2) is 0 Å². The first-order valence-corrected chi connectivity index (χ1v) is 8.17. The van der Waals surface area contributed by atoms with E-state index in [0.717, 1.165) is 22.9 Å². The molecule has 21 heavy (non-hydrogen) atoms. The third-order valence-electron chi connectivity index (χ3n) is 4.04. The second-order valence-corrected chi connectivity index (χ2v) is 6.89. The van der Waals surface area contributed by atoms with Crippen LogP contribution in [0.1, 0.15) is 22.5 Å². The number of thiophene rings is 1. The molecule has 0 unspecified atom stereocenters. The van der Waals surface area contributed by atoms with Crippen molar-refractivity contribution in [1.82, 2.24) is 4.90 Å². The Morgan fingerprint density at radius 2 is 2.14 bits per heavy atom. The molecule has 6 heteroatoms. The molecule has 0 saturated carbocycles. The molecule has 0 aliphatic carbocycles. The van der Waals surface area contributed by atoms with E-state index in [1.165, 1.54) is 11.3 Å². The fourth-order valence-corrected chi connectivity index (χ4v) is 4.08. The Morgan fingerprint density at radius 1 is 1.43 bits per heavy atom. The number of amides is 1. The summed E-state index contributed by atoms with van der Waals surface area (Å²) >= 11 is 7.38. The minimum absolute atomic E-state index is 0.0128. The highest BCUT2D eigenvalue weighted by atomic mass is 35.5. The second-order valence-electron chi connectivity index (χ2n) is 5.40. The van der Waals surface area contributed by atoms with Gasteiger partial charge in [0.25, 0.3) is 5.91 Å². The summed E-state index contributed by atoms with van der Waals surface area (Å²) in [5.41, 5.74) is 6.67. The third-order valence-corrected chi connectivity index (χ3v) is 5.44. The quantitative estimate of drug-likeness (QED) is 0.892. The van der Waals surface area contributed by atoms with E-state index in [1.54, 1.807) is 6.07 Å². The molecular weight excluding hydrogens is 308 g/mol. The average Bonchev–Trinajstić information content (AvgIpc) is 2.83. The van der Waals surface area contributed by atoms with Crippen molar-refractivity contribution in [3.63, 3.8) is 0 Å². The monoisotopic (exact) mass is 324 g/mol.